The topological polar surface area (TPSA) is 107 Å². The molecule has 2 aliphatic rings. The maximum atomic E-state index is 13.9. The number of carbonyl (C=O) groups is 2. The van der Waals surface area contributed by atoms with E-state index in [4.69, 9.17) is 4.74 Å². The number of hydrogen-bond acceptors (Lipinski definition) is 6. The molecule has 0 aromatic heterocycles. The van der Waals surface area contributed by atoms with Gasteiger partial charge in [-0.15, -0.1) is 0 Å². The van der Waals surface area contributed by atoms with Crippen LogP contribution in [0.2, 0.25) is 0 Å². The SMILES string of the molecule is C/C(=C\c1ccc(O)c(F)c1)CC[C@@H](O)C1=C(COc2ccccc2)C[C@H]2C(=O)N(c3cc(C(F)(F)F)cc(C(F)(F)F)c3)C(=O)[C@H]2[C@H]1CO. The van der Waals surface area contributed by atoms with Crippen molar-refractivity contribution in [3.05, 3.63) is 106 Å². The molecule has 5 rings (SSSR count). The van der Waals surface area contributed by atoms with E-state index in [1.807, 2.05) is 0 Å². The number of ether oxygens (including phenoxy) is 1. The Bertz CT molecular complexity index is 1790. The second-order valence-electron chi connectivity index (χ2n) is 12.3. The normalized spacial score (nSPS) is 20.7. The molecule has 3 N–H and O–H groups in total. The summed E-state index contributed by atoms with van der Waals surface area (Å²) >= 11 is 0. The van der Waals surface area contributed by atoms with Crippen LogP contribution in [0.3, 0.4) is 0 Å². The van der Waals surface area contributed by atoms with E-state index in [1.165, 1.54) is 12.1 Å². The molecular formula is C36H32F7NO6. The molecule has 266 valence electrons. The minimum Gasteiger partial charge on any atom is -0.505 e. The molecule has 14 heteroatoms. The average Bonchev–Trinajstić information content (AvgIpc) is 3.31. The number of nitrogens with zero attached hydrogens (tertiary/aromatic N) is 1. The maximum Gasteiger partial charge on any atom is 0.416 e. The van der Waals surface area contributed by atoms with Crippen LogP contribution in [0.4, 0.5) is 36.4 Å². The van der Waals surface area contributed by atoms with Crippen LogP contribution in [0, 0.1) is 23.6 Å². The van der Waals surface area contributed by atoms with Crippen LogP contribution in [0.5, 0.6) is 11.5 Å². The molecule has 0 bridgehead atoms. The summed E-state index contributed by atoms with van der Waals surface area (Å²) < 4.78 is 102. The van der Waals surface area contributed by atoms with Gasteiger partial charge in [0.05, 0.1) is 41.4 Å². The number of rotatable bonds is 10. The van der Waals surface area contributed by atoms with E-state index in [9.17, 15) is 55.6 Å². The third-order valence-electron chi connectivity index (χ3n) is 8.92. The highest BCUT2D eigenvalue weighted by Crippen LogP contribution is 2.48. The zero-order valence-corrected chi connectivity index (χ0v) is 26.4. The summed E-state index contributed by atoms with van der Waals surface area (Å²) in [5, 5.41) is 31.6. The summed E-state index contributed by atoms with van der Waals surface area (Å²) in [5.41, 5.74) is -2.68. The van der Waals surface area contributed by atoms with E-state index in [0.29, 0.717) is 39.5 Å². The number of aliphatic hydroxyl groups excluding tert-OH is 2. The molecule has 7 nitrogen and oxygen atoms in total. The number of hydrogen-bond donors (Lipinski definition) is 3. The summed E-state index contributed by atoms with van der Waals surface area (Å²) in [4.78, 5) is 27.9. The van der Waals surface area contributed by atoms with Gasteiger partial charge >= 0.3 is 12.4 Å². The minimum absolute atomic E-state index is 0.0232. The number of phenols is 1. The summed E-state index contributed by atoms with van der Waals surface area (Å²) in [6.07, 6.45) is -10.1. The van der Waals surface area contributed by atoms with Crippen LogP contribution in [0.25, 0.3) is 6.08 Å². The van der Waals surface area contributed by atoms with Crippen LogP contribution >= 0.6 is 0 Å². The van der Waals surface area contributed by atoms with E-state index in [0.717, 1.165) is 6.07 Å². The highest BCUT2D eigenvalue weighted by atomic mass is 19.4. The van der Waals surface area contributed by atoms with Crippen molar-refractivity contribution < 1.29 is 60.4 Å². The molecule has 1 aliphatic carbocycles. The third-order valence-corrected chi connectivity index (χ3v) is 8.92. The van der Waals surface area contributed by atoms with Crippen molar-refractivity contribution in [3.63, 3.8) is 0 Å². The van der Waals surface area contributed by atoms with Gasteiger partial charge in [0.15, 0.2) is 11.6 Å². The van der Waals surface area contributed by atoms with Crippen LogP contribution in [0.15, 0.2) is 83.4 Å². The fourth-order valence-corrected chi connectivity index (χ4v) is 6.59. The molecule has 3 aromatic rings. The van der Waals surface area contributed by atoms with Crippen molar-refractivity contribution in [2.24, 2.45) is 17.8 Å². The Kier molecular flexibility index (Phi) is 10.4. The number of imide groups is 1. The Morgan fingerprint density at radius 1 is 0.960 bits per heavy atom. The quantitative estimate of drug-likeness (QED) is 0.116. The smallest absolute Gasteiger partial charge is 0.416 e. The minimum atomic E-state index is -5.23. The third kappa shape index (κ3) is 7.71. The van der Waals surface area contributed by atoms with Gasteiger partial charge in [0.25, 0.3) is 0 Å². The number of para-hydroxylation sites is 1. The highest BCUT2D eigenvalue weighted by Gasteiger charge is 2.56. The molecule has 0 saturated carbocycles. The number of halogens is 7. The number of carbonyl (C=O) groups excluding carboxylic acids is 2. The Labute approximate surface area is 281 Å². The number of aliphatic hydroxyl groups is 2. The molecule has 1 heterocycles. The molecule has 0 unspecified atom stereocenters. The number of benzene rings is 3. The largest absolute Gasteiger partial charge is 0.505 e. The average molecular weight is 708 g/mol. The number of fused-ring (bicyclic) bond motifs is 1. The first-order chi connectivity index (χ1) is 23.5. The molecule has 4 atom stereocenters. The Hall–Kier alpha value is -4.69. The van der Waals surface area contributed by atoms with Crippen LogP contribution in [-0.4, -0.2) is 46.5 Å². The van der Waals surface area contributed by atoms with Gasteiger partial charge in [-0.3, -0.25) is 9.59 Å². The van der Waals surface area contributed by atoms with Gasteiger partial charge in [0.1, 0.15) is 12.4 Å². The molecule has 3 aromatic carbocycles. The van der Waals surface area contributed by atoms with E-state index in [2.05, 4.69) is 0 Å². The molecule has 2 amide bonds. The van der Waals surface area contributed by atoms with Gasteiger partial charge in [0, 0.05) is 5.92 Å². The maximum absolute atomic E-state index is 13.9. The first-order valence-electron chi connectivity index (χ1n) is 15.5. The predicted octanol–water partition coefficient (Wildman–Crippen LogP) is 7.31. The van der Waals surface area contributed by atoms with E-state index < -0.39 is 83.0 Å². The first kappa shape index (κ1) is 36.6. The summed E-state index contributed by atoms with van der Waals surface area (Å²) in [7, 11) is 0. The molecular weight excluding hydrogens is 675 g/mol. The zero-order chi connectivity index (χ0) is 36.5. The lowest BCUT2D eigenvalue weighted by molar-refractivity contribution is -0.143. The van der Waals surface area contributed by atoms with Crippen molar-refractivity contribution >= 4 is 23.6 Å². The lowest BCUT2D eigenvalue weighted by atomic mass is 9.68. The first-order valence-corrected chi connectivity index (χ1v) is 15.5. The van der Waals surface area contributed by atoms with Crippen molar-refractivity contribution in [2.45, 2.75) is 44.6 Å². The second kappa shape index (κ2) is 14.3. The Morgan fingerprint density at radius 2 is 1.60 bits per heavy atom. The van der Waals surface area contributed by atoms with Crippen molar-refractivity contribution in [3.8, 4) is 11.5 Å². The predicted molar refractivity (Wildman–Crippen MR) is 167 cm³/mol. The molecule has 1 aliphatic heterocycles. The number of allylic oxidation sites excluding steroid dienone is 1. The van der Waals surface area contributed by atoms with E-state index in [1.54, 1.807) is 43.3 Å². The van der Waals surface area contributed by atoms with Gasteiger partial charge < -0.3 is 20.1 Å². The Morgan fingerprint density at radius 3 is 2.18 bits per heavy atom. The van der Waals surface area contributed by atoms with Crippen LogP contribution < -0.4 is 9.64 Å². The number of alkyl halides is 6. The summed E-state index contributed by atoms with van der Waals surface area (Å²) in [6, 6.07) is 12.7. The van der Waals surface area contributed by atoms with Crippen molar-refractivity contribution in [2.75, 3.05) is 18.1 Å². The fraction of sp³-hybridized carbons (Fsp3) is 0.333. The fourth-order valence-electron chi connectivity index (χ4n) is 6.59. The van der Waals surface area contributed by atoms with Crippen LogP contribution in [-0.2, 0) is 21.9 Å². The van der Waals surface area contributed by atoms with Gasteiger partial charge in [-0.2, -0.15) is 26.3 Å². The summed E-state index contributed by atoms with van der Waals surface area (Å²) in [5.74, 6) is -7.00. The molecule has 1 fully saturated rings. The standard InChI is InChI=1S/C36H32F7NO6/c1-19(11-20-8-10-29(46)28(37)12-20)7-9-30(47)31-21(18-50-25-5-3-2-4-6-25)13-26-32(27(31)17-45)34(49)44(33(26)48)24-15-22(35(38,39)40)14-23(16-24)36(41,42)43/h2-6,8,10-12,14-16,26-27,30,32,45-47H,7,9,13,17-18H2,1H3/b19-11+/t26-,27+,30-,32-/m1/s1. The molecule has 50 heavy (non-hydrogen) atoms. The lowest BCUT2D eigenvalue weighted by Crippen LogP contribution is -2.40. The van der Waals surface area contributed by atoms with Crippen molar-refractivity contribution in [1.82, 2.24) is 0 Å². The van der Waals surface area contributed by atoms with E-state index in [-0.39, 0.29) is 37.5 Å². The van der Waals surface area contributed by atoms with E-state index >= 15 is 0 Å². The highest BCUT2D eigenvalue weighted by molar-refractivity contribution is 6.22. The molecule has 1 saturated heterocycles. The zero-order valence-electron chi connectivity index (χ0n) is 26.4. The number of phenolic OH excluding ortho intramolecular Hbond substituents is 1. The van der Waals surface area contributed by atoms with Gasteiger partial charge in [-0.1, -0.05) is 35.9 Å². The van der Waals surface area contributed by atoms with Gasteiger partial charge in [-0.05, 0) is 85.4 Å². The monoisotopic (exact) mass is 707 g/mol. The summed E-state index contributed by atoms with van der Waals surface area (Å²) in [6.45, 7) is 0.723. The lowest BCUT2D eigenvalue weighted by Gasteiger charge is -2.36. The van der Waals surface area contributed by atoms with Crippen LogP contribution in [0.1, 0.15) is 42.9 Å². The number of anilines is 1. The number of aromatic hydroxyl groups is 1. The van der Waals surface area contributed by atoms with Gasteiger partial charge in [-0.25, -0.2) is 9.29 Å². The molecule has 0 radical (unpaired) electrons. The Balaban J connectivity index is 1.49. The molecule has 0 spiro atoms. The second-order valence-corrected chi connectivity index (χ2v) is 12.3. The number of amides is 2. The van der Waals surface area contributed by atoms with Crippen molar-refractivity contribution in [1.29, 1.82) is 0 Å². The van der Waals surface area contributed by atoms with Gasteiger partial charge in [0.2, 0.25) is 11.8 Å².